The number of ether oxygens (including phenoxy) is 3. The van der Waals surface area contributed by atoms with Crippen molar-refractivity contribution in [3.05, 3.63) is 0 Å². The van der Waals surface area contributed by atoms with E-state index < -0.39 is 5.60 Å². The third-order valence-electron chi connectivity index (χ3n) is 9.29. The van der Waals surface area contributed by atoms with Crippen LogP contribution < -0.4 is 0 Å². The van der Waals surface area contributed by atoms with Gasteiger partial charge in [0.2, 0.25) is 0 Å². The van der Waals surface area contributed by atoms with Crippen LogP contribution in [-0.4, -0.2) is 47.1 Å². The summed E-state index contributed by atoms with van der Waals surface area (Å²) in [6.07, 6.45) is 6.91. The molecule has 6 aliphatic carbocycles. The Hall–Kier alpha value is -1.14. The summed E-state index contributed by atoms with van der Waals surface area (Å²) >= 11 is 0. The summed E-state index contributed by atoms with van der Waals surface area (Å²) in [5.41, 5.74) is -0.813. The molecular formula is C22H30O6. The molecule has 0 spiro atoms. The molecule has 28 heavy (non-hydrogen) atoms. The van der Waals surface area contributed by atoms with Gasteiger partial charge in [-0.05, 0) is 69.1 Å². The first-order chi connectivity index (χ1) is 13.4. The SMILES string of the molecule is CCC1(O)C2CC3CC1CC(OCC(=O)OC1C4CC5C(=O)OC1C5C4)(C3)C2. The molecule has 6 bridgehead atoms. The lowest BCUT2D eigenvalue weighted by molar-refractivity contribution is -0.244. The van der Waals surface area contributed by atoms with E-state index in [-0.39, 0.29) is 54.1 Å². The number of carbonyl (C=O) groups is 2. The topological polar surface area (TPSA) is 82.1 Å². The van der Waals surface area contributed by atoms with Crippen molar-refractivity contribution in [3.63, 3.8) is 0 Å². The molecule has 7 atom stereocenters. The Labute approximate surface area is 165 Å². The Morgan fingerprint density at radius 3 is 2.64 bits per heavy atom. The normalized spacial score (nSPS) is 55.0. The summed E-state index contributed by atoms with van der Waals surface area (Å²) < 4.78 is 17.5. The fourth-order valence-corrected chi connectivity index (χ4v) is 8.22. The molecule has 1 heterocycles. The first-order valence-corrected chi connectivity index (χ1v) is 11.2. The van der Waals surface area contributed by atoms with Gasteiger partial charge in [0.05, 0.1) is 17.1 Å². The first-order valence-electron chi connectivity index (χ1n) is 11.2. The lowest BCUT2D eigenvalue weighted by atomic mass is 9.47. The number of fused-ring (bicyclic) bond motifs is 1. The van der Waals surface area contributed by atoms with Crippen LogP contribution in [0, 0.1) is 35.5 Å². The van der Waals surface area contributed by atoms with E-state index in [1.165, 1.54) is 0 Å². The van der Waals surface area contributed by atoms with Crippen molar-refractivity contribution in [2.75, 3.05) is 6.61 Å². The zero-order chi connectivity index (χ0) is 19.3. The molecule has 0 aromatic carbocycles. The summed E-state index contributed by atoms with van der Waals surface area (Å²) in [5.74, 6) is 1.29. The Balaban J connectivity index is 1.09. The monoisotopic (exact) mass is 390 g/mol. The molecule has 6 nitrogen and oxygen atoms in total. The van der Waals surface area contributed by atoms with Gasteiger partial charge in [0.15, 0.2) is 0 Å². The van der Waals surface area contributed by atoms with Crippen molar-refractivity contribution in [3.8, 4) is 0 Å². The highest BCUT2D eigenvalue weighted by atomic mass is 16.6. The second kappa shape index (κ2) is 5.72. The van der Waals surface area contributed by atoms with E-state index in [0.717, 1.165) is 51.4 Å². The molecule has 1 saturated heterocycles. The van der Waals surface area contributed by atoms with Crippen molar-refractivity contribution in [2.45, 2.75) is 81.7 Å². The molecule has 0 amide bonds. The minimum absolute atomic E-state index is 0.0329. The number of carbonyl (C=O) groups excluding carboxylic acids is 2. The van der Waals surface area contributed by atoms with Gasteiger partial charge in [0.25, 0.3) is 0 Å². The summed E-state index contributed by atoms with van der Waals surface area (Å²) in [6.45, 7) is 2.05. The molecule has 6 saturated carbocycles. The predicted molar refractivity (Wildman–Crippen MR) is 96.9 cm³/mol. The van der Waals surface area contributed by atoms with Crippen molar-refractivity contribution in [2.24, 2.45) is 35.5 Å². The number of hydrogen-bond donors (Lipinski definition) is 1. The highest BCUT2D eigenvalue weighted by Crippen LogP contribution is 2.62. The van der Waals surface area contributed by atoms with Crippen LogP contribution in [0.1, 0.15) is 58.3 Å². The highest BCUT2D eigenvalue weighted by molar-refractivity contribution is 5.77. The maximum Gasteiger partial charge on any atom is 0.332 e. The number of esters is 2. The van der Waals surface area contributed by atoms with Gasteiger partial charge < -0.3 is 19.3 Å². The van der Waals surface area contributed by atoms with Gasteiger partial charge in [-0.15, -0.1) is 0 Å². The van der Waals surface area contributed by atoms with E-state index in [9.17, 15) is 14.7 Å². The van der Waals surface area contributed by atoms with Crippen molar-refractivity contribution in [1.82, 2.24) is 0 Å². The Kier molecular flexibility index (Phi) is 3.61. The maximum atomic E-state index is 12.6. The summed E-state index contributed by atoms with van der Waals surface area (Å²) in [7, 11) is 0. The standard InChI is InChI=1S/C22H30O6/c1-2-22(25)13-3-11-4-14(22)9-21(7-11,8-13)26-10-17(23)27-18-12-5-15-16(6-12)20(24)28-19(15)18/h11-16,18-19,25H,2-10H2,1H3. The van der Waals surface area contributed by atoms with Crippen molar-refractivity contribution >= 4 is 11.9 Å². The molecule has 6 heteroatoms. The highest BCUT2D eigenvalue weighted by Gasteiger charge is 2.64. The average molecular weight is 390 g/mol. The van der Waals surface area contributed by atoms with E-state index in [0.29, 0.717) is 17.8 Å². The van der Waals surface area contributed by atoms with Gasteiger partial charge in [-0.1, -0.05) is 6.92 Å². The fourth-order valence-electron chi connectivity index (χ4n) is 8.22. The van der Waals surface area contributed by atoms with Gasteiger partial charge in [-0.2, -0.15) is 0 Å². The number of hydrogen-bond acceptors (Lipinski definition) is 6. The van der Waals surface area contributed by atoms with Crippen LogP contribution in [0.3, 0.4) is 0 Å². The Morgan fingerprint density at radius 2 is 1.93 bits per heavy atom. The molecule has 0 radical (unpaired) electrons. The molecule has 0 aromatic rings. The van der Waals surface area contributed by atoms with Crippen LogP contribution >= 0.6 is 0 Å². The van der Waals surface area contributed by atoms with Gasteiger partial charge in [0, 0.05) is 11.8 Å². The van der Waals surface area contributed by atoms with Gasteiger partial charge in [0.1, 0.15) is 18.8 Å². The van der Waals surface area contributed by atoms with Gasteiger partial charge >= 0.3 is 11.9 Å². The summed E-state index contributed by atoms with van der Waals surface area (Å²) in [5, 5.41) is 11.1. The molecule has 154 valence electrons. The largest absolute Gasteiger partial charge is 0.458 e. The lowest BCUT2D eigenvalue weighted by Crippen LogP contribution is -2.64. The summed E-state index contributed by atoms with van der Waals surface area (Å²) in [6, 6.07) is 0. The Bertz CT molecular complexity index is 702. The van der Waals surface area contributed by atoms with Crippen LogP contribution in [0.15, 0.2) is 0 Å². The molecular weight excluding hydrogens is 360 g/mol. The van der Waals surface area contributed by atoms with Crippen LogP contribution in [0.5, 0.6) is 0 Å². The molecule has 7 rings (SSSR count). The van der Waals surface area contributed by atoms with Crippen LogP contribution in [0.25, 0.3) is 0 Å². The van der Waals surface area contributed by atoms with E-state index in [2.05, 4.69) is 6.92 Å². The minimum atomic E-state index is -0.545. The van der Waals surface area contributed by atoms with E-state index >= 15 is 0 Å². The fraction of sp³-hybridized carbons (Fsp3) is 0.909. The zero-order valence-electron chi connectivity index (χ0n) is 16.5. The smallest absolute Gasteiger partial charge is 0.332 e. The third kappa shape index (κ3) is 2.28. The molecule has 7 aliphatic rings. The summed E-state index contributed by atoms with van der Waals surface area (Å²) in [4.78, 5) is 24.5. The van der Waals surface area contributed by atoms with Gasteiger partial charge in [-0.25, -0.2) is 4.79 Å². The van der Waals surface area contributed by atoms with Crippen molar-refractivity contribution < 1.29 is 28.9 Å². The number of rotatable bonds is 5. The molecule has 0 aromatic heterocycles. The maximum absolute atomic E-state index is 12.6. The van der Waals surface area contributed by atoms with Gasteiger partial charge in [-0.3, -0.25) is 4.79 Å². The molecule has 7 fully saturated rings. The second-order valence-electron chi connectivity index (χ2n) is 10.5. The minimum Gasteiger partial charge on any atom is -0.458 e. The van der Waals surface area contributed by atoms with Crippen LogP contribution in [0.4, 0.5) is 0 Å². The third-order valence-corrected chi connectivity index (χ3v) is 9.29. The second-order valence-corrected chi connectivity index (χ2v) is 10.5. The van der Waals surface area contributed by atoms with Crippen LogP contribution in [0.2, 0.25) is 0 Å². The first kappa shape index (κ1) is 17.7. The Morgan fingerprint density at radius 1 is 1.18 bits per heavy atom. The average Bonchev–Trinajstić information content (AvgIpc) is 3.29. The molecule has 1 aliphatic heterocycles. The number of aliphatic hydroxyl groups is 1. The quantitative estimate of drug-likeness (QED) is 0.725. The van der Waals surface area contributed by atoms with E-state index in [1.54, 1.807) is 0 Å². The molecule has 7 unspecified atom stereocenters. The van der Waals surface area contributed by atoms with E-state index in [4.69, 9.17) is 14.2 Å². The predicted octanol–water partition coefficient (Wildman–Crippen LogP) is 2.22. The zero-order valence-corrected chi connectivity index (χ0v) is 16.5. The van der Waals surface area contributed by atoms with E-state index in [1.807, 2.05) is 0 Å². The lowest BCUT2D eigenvalue weighted by Gasteiger charge is -2.63. The molecule has 1 N–H and O–H groups in total. The van der Waals surface area contributed by atoms with Crippen LogP contribution in [-0.2, 0) is 23.8 Å². The van der Waals surface area contributed by atoms with Crippen molar-refractivity contribution in [1.29, 1.82) is 0 Å².